The average Bonchev–Trinajstić information content (AvgIpc) is 2.14. The van der Waals surface area contributed by atoms with Gasteiger partial charge in [-0.2, -0.15) is 5.26 Å². The Morgan fingerprint density at radius 1 is 1.54 bits per heavy atom. The van der Waals surface area contributed by atoms with Gasteiger partial charge in [-0.05, 0) is 23.8 Å². The molecule has 0 saturated carbocycles. The molecule has 1 nitrogen and oxygen atoms in total. The number of hydrogen-bond acceptors (Lipinski definition) is 1. The van der Waals surface area contributed by atoms with Gasteiger partial charge in [0.05, 0.1) is 11.9 Å². The summed E-state index contributed by atoms with van der Waals surface area (Å²) < 4.78 is 0. The summed E-state index contributed by atoms with van der Waals surface area (Å²) in [5.41, 5.74) is 1.42. The van der Waals surface area contributed by atoms with E-state index in [9.17, 15) is 0 Å². The first kappa shape index (κ1) is 10.1. The predicted molar refractivity (Wildman–Crippen MR) is 55.8 cm³/mol. The molecule has 1 aromatic rings. The molecular weight excluding hydrogens is 205 g/mol. The first-order chi connectivity index (χ1) is 6.26. The highest BCUT2D eigenvalue weighted by Crippen LogP contribution is 2.13. The van der Waals surface area contributed by atoms with Gasteiger partial charge in [-0.1, -0.05) is 23.7 Å². The highest BCUT2D eigenvalue weighted by molar-refractivity contribution is 6.30. The third-order valence-corrected chi connectivity index (χ3v) is 2.00. The van der Waals surface area contributed by atoms with Crippen molar-refractivity contribution in [2.75, 3.05) is 5.88 Å². The van der Waals surface area contributed by atoms with Crippen LogP contribution in [0.5, 0.6) is 0 Å². The lowest BCUT2D eigenvalue weighted by atomic mass is 10.1. The van der Waals surface area contributed by atoms with E-state index in [4.69, 9.17) is 28.5 Å². The SMILES string of the molecule is N#C/C(=C\c1cccc(Cl)c1)CCl. The molecule has 0 aliphatic carbocycles. The number of rotatable bonds is 2. The third-order valence-electron chi connectivity index (χ3n) is 1.48. The molecule has 13 heavy (non-hydrogen) atoms. The second kappa shape index (κ2) is 4.91. The standard InChI is InChI=1S/C10H7Cl2N/c11-6-9(7-13)4-8-2-1-3-10(12)5-8/h1-5H,6H2/b9-4-. The molecular formula is C10H7Cl2N. The number of alkyl halides is 1. The summed E-state index contributed by atoms with van der Waals surface area (Å²) in [4.78, 5) is 0. The van der Waals surface area contributed by atoms with Crippen LogP contribution in [0.4, 0.5) is 0 Å². The fraction of sp³-hybridized carbons (Fsp3) is 0.100. The number of hydrogen-bond donors (Lipinski definition) is 0. The maximum absolute atomic E-state index is 8.62. The van der Waals surface area contributed by atoms with Crippen molar-refractivity contribution in [1.82, 2.24) is 0 Å². The molecule has 0 heterocycles. The molecule has 0 saturated heterocycles. The molecule has 0 spiro atoms. The fourth-order valence-corrected chi connectivity index (χ4v) is 1.23. The third kappa shape index (κ3) is 3.10. The highest BCUT2D eigenvalue weighted by atomic mass is 35.5. The van der Waals surface area contributed by atoms with Crippen molar-refractivity contribution in [2.24, 2.45) is 0 Å². The van der Waals surface area contributed by atoms with E-state index in [0.29, 0.717) is 10.6 Å². The van der Waals surface area contributed by atoms with Gasteiger partial charge in [0, 0.05) is 10.6 Å². The van der Waals surface area contributed by atoms with Gasteiger partial charge in [0.2, 0.25) is 0 Å². The Morgan fingerprint density at radius 2 is 2.31 bits per heavy atom. The van der Waals surface area contributed by atoms with Gasteiger partial charge in [-0.3, -0.25) is 0 Å². The van der Waals surface area contributed by atoms with Gasteiger partial charge in [0.1, 0.15) is 0 Å². The summed E-state index contributed by atoms with van der Waals surface area (Å²) in [5, 5.41) is 9.27. The Bertz CT molecular complexity index is 363. The number of halogens is 2. The van der Waals surface area contributed by atoms with Gasteiger partial charge in [-0.15, -0.1) is 11.6 Å². The average molecular weight is 212 g/mol. The number of nitrogens with zero attached hydrogens (tertiary/aromatic N) is 1. The van der Waals surface area contributed by atoms with Gasteiger partial charge in [0.15, 0.2) is 0 Å². The van der Waals surface area contributed by atoms with Crippen molar-refractivity contribution < 1.29 is 0 Å². The van der Waals surface area contributed by atoms with Crippen molar-refractivity contribution >= 4 is 29.3 Å². The summed E-state index contributed by atoms with van der Waals surface area (Å²) >= 11 is 11.3. The topological polar surface area (TPSA) is 23.8 Å². The molecule has 3 heteroatoms. The summed E-state index contributed by atoms with van der Waals surface area (Å²) in [6, 6.07) is 9.27. The number of nitriles is 1. The van der Waals surface area contributed by atoms with Gasteiger partial charge in [-0.25, -0.2) is 0 Å². The van der Waals surface area contributed by atoms with Crippen LogP contribution in [0.25, 0.3) is 6.08 Å². The molecule has 66 valence electrons. The van der Waals surface area contributed by atoms with E-state index in [-0.39, 0.29) is 5.88 Å². The van der Waals surface area contributed by atoms with Crippen molar-refractivity contribution in [3.8, 4) is 6.07 Å². The van der Waals surface area contributed by atoms with Crippen LogP contribution in [-0.4, -0.2) is 5.88 Å². The molecule has 0 radical (unpaired) electrons. The smallest absolute Gasteiger partial charge is 0.0960 e. The maximum atomic E-state index is 8.62. The molecule has 0 aromatic heterocycles. The van der Waals surface area contributed by atoms with Crippen LogP contribution in [-0.2, 0) is 0 Å². The second-order valence-corrected chi connectivity index (χ2v) is 3.17. The Hall–Kier alpha value is -0.970. The number of allylic oxidation sites excluding steroid dienone is 1. The van der Waals surface area contributed by atoms with Crippen LogP contribution in [0.2, 0.25) is 5.02 Å². The Morgan fingerprint density at radius 3 is 2.85 bits per heavy atom. The molecule has 0 N–H and O–H groups in total. The van der Waals surface area contributed by atoms with Crippen LogP contribution in [0, 0.1) is 11.3 Å². The quantitative estimate of drug-likeness (QED) is 0.543. The predicted octanol–water partition coefficient (Wildman–Crippen LogP) is 3.49. The zero-order valence-corrected chi connectivity index (χ0v) is 8.31. The summed E-state index contributed by atoms with van der Waals surface area (Å²) in [5.74, 6) is 0.225. The molecule has 0 bridgehead atoms. The largest absolute Gasteiger partial charge is 0.193 e. The Kier molecular flexibility index (Phi) is 3.82. The molecule has 0 aliphatic rings. The molecule has 0 aliphatic heterocycles. The summed E-state index contributed by atoms with van der Waals surface area (Å²) in [6.45, 7) is 0. The molecule has 0 atom stereocenters. The minimum Gasteiger partial charge on any atom is -0.193 e. The monoisotopic (exact) mass is 211 g/mol. The second-order valence-electron chi connectivity index (χ2n) is 2.47. The zero-order valence-electron chi connectivity index (χ0n) is 6.80. The highest BCUT2D eigenvalue weighted by Gasteiger charge is 1.94. The Balaban J connectivity index is 2.97. The molecule has 1 rings (SSSR count). The van der Waals surface area contributed by atoms with Crippen LogP contribution in [0.1, 0.15) is 5.56 Å². The van der Waals surface area contributed by atoms with E-state index in [1.807, 2.05) is 18.2 Å². The van der Waals surface area contributed by atoms with E-state index in [2.05, 4.69) is 0 Å². The van der Waals surface area contributed by atoms with E-state index < -0.39 is 0 Å². The lowest BCUT2D eigenvalue weighted by molar-refractivity contribution is 1.46. The van der Waals surface area contributed by atoms with E-state index in [1.165, 1.54) is 0 Å². The van der Waals surface area contributed by atoms with Gasteiger partial charge >= 0.3 is 0 Å². The van der Waals surface area contributed by atoms with Crippen molar-refractivity contribution in [2.45, 2.75) is 0 Å². The van der Waals surface area contributed by atoms with E-state index in [0.717, 1.165) is 5.56 Å². The summed E-state index contributed by atoms with van der Waals surface area (Å²) in [7, 11) is 0. The van der Waals surface area contributed by atoms with Crippen LogP contribution in [0.15, 0.2) is 29.8 Å². The van der Waals surface area contributed by atoms with Crippen molar-refractivity contribution in [3.63, 3.8) is 0 Å². The Labute approximate surface area is 87.2 Å². The minimum absolute atomic E-state index is 0.225. The van der Waals surface area contributed by atoms with Crippen LogP contribution >= 0.6 is 23.2 Å². The first-order valence-electron chi connectivity index (χ1n) is 3.68. The molecule has 0 fully saturated rings. The van der Waals surface area contributed by atoms with Crippen LogP contribution in [0.3, 0.4) is 0 Å². The van der Waals surface area contributed by atoms with Gasteiger partial charge < -0.3 is 0 Å². The fourth-order valence-electron chi connectivity index (χ4n) is 0.898. The normalized spacial score (nSPS) is 11.0. The van der Waals surface area contributed by atoms with Gasteiger partial charge in [0.25, 0.3) is 0 Å². The lowest BCUT2D eigenvalue weighted by Crippen LogP contribution is -1.80. The van der Waals surface area contributed by atoms with Crippen molar-refractivity contribution in [1.29, 1.82) is 5.26 Å². The maximum Gasteiger partial charge on any atom is 0.0960 e. The first-order valence-corrected chi connectivity index (χ1v) is 4.59. The van der Waals surface area contributed by atoms with Crippen LogP contribution < -0.4 is 0 Å². The molecule has 0 unspecified atom stereocenters. The molecule has 1 aromatic carbocycles. The molecule has 0 amide bonds. The van der Waals surface area contributed by atoms with Crippen molar-refractivity contribution in [3.05, 3.63) is 40.4 Å². The van der Waals surface area contributed by atoms with E-state index >= 15 is 0 Å². The summed E-state index contributed by atoms with van der Waals surface area (Å²) in [6.07, 6.45) is 1.72. The lowest BCUT2D eigenvalue weighted by Gasteiger charge is -1.94. The van der Waals surface area contributed by atoms with E-state index in [1.54, 1.807) is 18.2 Å². The zero-order chi connectivity index (χ0) is 9.68. The number of benzene rings is 1. The minimum atomic E-state index is 0.225.